The fourth-order valence-corrected chi connectivity index (χ4v) is 2.47. The zero-order valence-electron chi connectivity index (χ0n) is 17.5. The van der Waals surface area contributed by atoms with Crippen molar-refractivity contribution in [3.63, 3.8) is 0 Å². The Kier molecular flexibility index (Phi) is 11.7. The van der Waals surface area contributed by atoms with Crippen LogP contribution in [-0.2, 0) is 0 Å². The molecule has 0 aliphatic heterocycles. The van der Waals surface area contributed by atoms with Gasteiger partial charge in [-0.25, -0.2) is 0 Å². The van der Waals surface area contributed by atoms with Gasteiger partial charge in [-0.2, -0.15) is 0 Å². The van der Waals surface area contributed by atoms with E-state index in [-0.39, 0.29) is 6.04 Å². The van der Waals surface area contributed by atoms with Crippen molar-refractivity contribution in [2.45, 2.75) is 67.3 Å². The molecule has 0 bridgehead atoms. The maximum atomic E-state index is 7.88. The van der Waals surface area contributed by atoms with E-state index >= 15 is 0 Å². The molecule has 0 fully saturated rings. The van der Waals surface area contributed by atoms with Crippen molar-refractivity contribution in [3.05, 3.63) is 58.7 Å². The molecule has 0 rings (SSSR count). The molecular weight excluding hydrogens is 316 g/mol. The van der Waals surface area contributed by atoms with Gasteiger partial charge in [-0.3, -0.25) is 4.99 Å². The van der Waals surface area contributed by atoms with Crippen molar-refractivity contribution in [1.29, 1.82) is 5.41 Å². The number of rotatable bonds is 8. The third-order valence-corrected chi connectivity index (χ3v) is 3.89. The summed E-state index contributed by atoms with van der Waals surface area (Å²) in [6.45, 7) is 18.3. The first-order valence-electron chi connectivity index (χ1n) is 9.23. The normalized spacial score (nSPS) is 13.5. The van der Waals surface area contributed by atoms with E-state index in [2.05, 4.69) is 39.2 Å². The Balaban J connectivity index is 5.50. The number of nitrogens with zero attached hydrogens (tertiary/aromatic N) is 1. The molecule has 140 valence electrons. The largest absolute Gasteiger partial charge is 0.305 e. The third kappa shape index (κ3) is 8.62. The topological polar surface area (TPSA) is 36.2 Å². The van der Waals surface area contributed by atoms with Crippen LogP contribution < -0.4 is 0 Å². The van der Waals surface area contributed by atoms with Gasteiger partial charge in [0.2, 0.25) is 0 Å². The molecular formula is C24H34N2. The molecule has 0 aromatic rings. The van der Waals surface area contributed by atoms with E-state index in [0.717, 1.165) is 35.1 Å². The van der Waals surface area contributed by atoms with Crippen molar-refractivity contribution >= 4 is 11.9 Å². The molecule has 26 heavy (non-hydrogen) atoms. The average molecular weight is 351 g/mol. The van der Waals surface area contributed by atoms with E-state index in [1.165, 1.54) is 5.57 Å². The Morgan fingerprint density at radius 1 is 1.19 bits per heavy atom. The molecule has 0 amide bonds. The molecule has 0 spiro atoms. The third-order valence-electron chi connectivity index (χ3n) is 3.89. The molecule has 1 atom stereocenters. The summed E-state index contributed by atoms with van der Waals surface area (Å²) in [5.74, 6) is 6.05. The molecule has 2 nitrogen and oxygen atoms in total. The quantitative estimate of drug-likeness (QED) is 0.290. The monoisotopic (exact) mass is 350 g/mol. The summed E-state index contributed by atoms with van der Waals surface area (Å²) >= 11 is 0. The second-order valence-electron chi connectivity index (χ2n) is 6.38. The Bertz CT molecular complexity index is 709. The van der Waals surface area contributed by atoms with E-state index in [1.807, 2.05) is 51.3 Å². The number of aliphatic imine (C=N–C) groups is 1. The molecule has 0 saturated carbocycles. The van der Waals surface area contributed by atoms with Crippen LogP contribution in [0.25, 0.3) is 0 Å². The fourth-order valence-electron chi connectivity index (χ4n) is 2.47. The van der Waals surface area contributed by atoms with Crippen LogP contribution in [0.5, 0.6) is 0 Å². The van der Waals surface area contributed by atoms with Crippen LogP contribution >= 0.6 is 0 Å². The number of hydrogen-bond acceptors (Lipinski definition) is 2. The Morgan fingerprint density at radius 2 is 1.85 bits per heavy atom. The van der Waals surface area contributed by atoms with Gasteiger partial charge in [0.1, 0.15) is 0 Å². The second kappa shape index (κ2) is 12.9. The molecule has 0 heterocycles. The Morgan fingerprint density at radius 3 is 2.31 bits per heavy atom. The van der Waals surface area contributed by atoms with Crippen LogP contribution in [-0.4, -0.2) is 18.0 Å². The zero-order chi connectivity index (χ0) is 20.1. The maximum Gasteiger partial charge on any atom is 0.0686 e. The van der Waals surface area contributed by atoms with E-state index in [4.69, 9.17) is 10.4 Å². The minimum atomic E-state index is 0.114. The van der Waals surface area contributed by atoms with Crippen molar-refractivity contribution in [2.75, 3.05) is 0 Å². The molecule has 0 radical (unpaired) electrons. The van der Waals surface area contributed by atoms with Gasteiger partial charge in [-0.15, -0.1) is 0 Å². The number of hydrogen-bond donors (Lipinski definition) is 1. The second-order valence-corrected chi connectivity index (χ2v) is 6.38. The number of nitrogens with one attached hydrogen (secondary N) is 1. The Labute approximate surface area is 160 Å². The van der Waals surface area contributed by atoms with E-state index in [1.54, 1.807) is 6.92 Å². The SMILES string of the molecule is C=C(/C=C(C)\C(=C/C)C(C)=N)C(C=NC(/C=C\C#CCC)CC)=C(C)C. The lowest BCUT2D eigenvalue weighted by Gasteiger charge is -2.10. The van der Waals surface area contributed by atoms with Gasteiger partial charge in [-0.05, 0) is 69.4 Å². The van der Waals surface area contributed by atoms with Gasteiger partial charge in [0.15, 0.2) is 0 Å². The van der Waals surface area contributed by atoms with Crippen LogP contribution in [0, 0.1) is 17.3 Å². The summed E-state index contributed by atoms with van der Waals surface area (Å²) in [6, 6.07) is 0.114. The molecule has 0 aliphatic carbocycles. The van der Waals surface area contributed by atoms with Crippen molar-refractivity contribution < 1.29 is 0 Å². The van der Waals surface area contributed by atoms with Crippen LogP contribution in [0.1, 0.15) is 61.3 Å². The van der Waals surface area contributed by atoms with Crippen LogP contribution in [0.2, 0.25) is 0 Å². The lowest BCUT2D eigenvalue weighted by molar-refractivity contribution is 0.788. The van der Waals surface area contributed by atoms with Gasteiger partial charge in [-0.1, -0.05) is 56.1 Å². The number of allylic oxidation sites excluding steroid dienone is 8. The highest BCUT2D eigenvalue weighted by Crippen LogP contribution is 2.19. The van der Waals surface area contributed by atoms with E-state index in [0.29, 0.717) is 5.71 Å². The summed E-state index contributed by atoms with van der Waals surface area (Å²) in [6.07, 6.45) is 11.6. The summed E-state index contributed by atoms with van der Waals surface area (Å²) in [5, 5.41) is 7.88. The van der Waals surface area contributed by atoms with E-state index in [9.17, 15) is 0 Å². The maximum absolute atomic E-state index is 7.88. The molecule has 1 N–H and O–H groups in total. The highest BCUT2D eigenvalue weighted by atomic mass is 14.8. The zero-order valence-corrected chi connectivity index (χ0v) is 17.5. The van der Waals surface area contributed by atoms with Crippen LogP contribution in [0.4, 0.5) is 0 Å². The lowest BCUT2D eigenvalue weighted by atomic mass is 9.97. The summed E-state index contributed by atoms with van der Waals surface area (Å²) in [7, 11) is 0. The summed E-state index contributed by atoms with van der Waals surface area (Å²) in [4.78, 5) is 4.71. The smallest absolute Gasteiger partial charge is 0.0686 e. The average Bonchev–Trinajstić information content (AvgIpc) is 2.56. The lowest BCUT2D eigenvalue weighted by Crippen LogP contribution is -2.02. The van der Waals surface area contributed by atoms with Gasteiger partial charge in [0.05, 0.1) is 6.04 Å². The first kappa shape index (κ1) is 23.6. The predicted octanol–water partition coefficient (Wildman–Crippen LogP) is 6.63. The minimum absolute atomic E-state index is 0.114. The highest BCUT2D eigenvalue weighted by molar-refractivity contribution is 6.00. The van der Waals surface area contributed by atoms with Crippen LogP contribution in [0.15, 0.2) is 63.7 Å². The molecule has 0 aromatic heterocycles. The fraction of sp³-hybridized carbons (Fsp3) is 0.417. The summed E-state index contributed by atoms with van der Waals surface area (Å²) < 4.78 is 0. The Hall–Kier alpha value is -2.40. The summed E-state index contributed by atoms with van der Waals surface area (Å²) in [5.41, 5.74) is 5.66. The van der Waals surface area contributed by atoms with Crippen molar-refractivity contribution in [3.8, 4) is 11.8 Å². The van der Waals surface area contributed by atoms with Gasteiger partial charge < -0.3 is 5.41 Å². The van der Waals surface area contributed by atoms with Gasteiger partial charge in [0, 0.05) is 18.3 Å². The first-order valence-corrected chi connectivity index (χ1v) is 9.23. The molecule has 2 heteroatoms. The molecule has 0 saturated heterocycles. The van der Waals surface area contributed by atoms with Crippen LogP contribution in [0.3, 0.4) is 0 Å². The predicted molar refractivity (Wildman–Crippen MR) is 118 cm³/mol. The van der Waals surface area contributed by atoms with Crippen molar-refractivity contribution in [2.24, 2.45) is 4.99 Å². The van der Waals surface area contributed by atoms with Crippen molar-refractivity contribution in [1.82, 2.24) is 0 Å². The van der Waals surface area contributed by atoms with Gasteiger partial charge >= 0.3 is 0 Å². The van der Waals surface area contributed by atoms with E-state index < -0.39 is 0 Å². The molecule has 0 aromatic carbocycles. The minimum Gasteiger partial charge on any atom is -0.305 e. The van der Waals surface area contributed by atoms with Gasteiger partial charge in [0.25, 0.3) is 0 Å². The molecule has 0 aliphatic rings. The molecule has 1 unspecified atom stereocenters. The first-order chi connectivity index (χ1) is 12.3. The highest BCUT2D eigenvalue weighted by Gasteiger charge is 2.06. The standard InChI is InChI=1S/C24H34N2/c1-9-12-13-14-15-22(10-2)26-17-24(18(4)5)20(7)16-19(6)23(11-3)21(8)25/h11,14-17,22,25H,7,9-10H2,1-6,8H3/b15-14-,19-16-,23-11+,25-21?,26-17?.